The zero-order valence-electron chi connectivity index (χ0n) is 13.0. The van der Waals surface area contributed by atoms with E-state index >= 15 is 0 Å². The van der Waals surface area contributed by atoms with E-state index in [1.54, 1.807) is 12.1 Å². The summed E-state index contributed by atoms with van der Waals surface area (Å²) < 4.78 is 15.8. The van der Waals surface area contributed by atoms with Gasteiger partial charge in [-0.2, -0.15) is 0 Å². The SMILES string of the molecule is COC(=O)N1[C@@H]2C[C@@H](C[C@H]2OC(=S)Oc2ccccc2)[C@H]1C(=O)O. The highest BCUT2D eigenvalue weighted by Gasteiger charge is 2.57. The van der Waals surface area contributed by atoms with Gasteiger partial charge in [0.25, 0.3) is 0 Å². The number of aliphatic carboxylic acids is 1. The number of benzene rings is 1. The molecule has 2 aliphatic rings. The van der Waals surface area contributed by atoms with E-state index in [9.17, 15) is 14.7 Å². The highest BCUT2D eigenvalue weighted by atomic mass is 32.1. The van der Waals surface area contributed by atoms with Gasteiger partial charge in [-0.05, 0) is 30.9 Å². The van der Waals surface area contributed by atoms with Gasteiger partial charge in [-0.3, -0.25) is 4.90 Å². The van der Waals surface area contributed by atoms with Crippen LogP contribution in [0.4, 0.5) is 4.79 Å². The number of amides is 1. The van der Waals surface area contributed by atoms with Crippen LogP contribution in [0, 0.1) is 5.92 Å². The summed E-state index contributed by atoms with van der Waals surface area (Å²) in [5.41, 5.74) is 0. The normalized spacial score (nSPS) is 27.6. The predicted octanol–water partition coefficient (Wildman–Crippen LogP) is 2.05. The minimum atomic E-state index is -1.03. The number of carbonyl (C=O) groups excluding carboxylic acids is 1. The van der Waals surface area contributed by atoms with Crippen LogP contribution in [-0.2, 0) is 14.3 Å². The van der Waals surface area contributed by atoms with Gasteiger partial charge in [0.2, 0.25) is 0 Å². The number of carboxylic acid groups (broad SMARTS) is 1. The Morgan fingerprint density at radius 1 is 1.25 bits per heavy atom. The molecule has 3 rings (SSSR count). The van der Waals surface area contributed by atoms with Crippen LogP contribution in [0.1, 0.15) is 12.8 Å². The third kappa shape index (κ3) is 3.01. The van der Waals surface area contributed by atoms with Gasteiger partial charge in [0.05, 0.1) is 13.2 Å². The Balaban J connectivity index is 1.67. The molecule has 0 aromatic heterocycles. The van der Waals surface area contributed by atoms with Gasteiger partial charge >= 0.3 is 17.3 Å². The van der Waals surface area contributed by atoms with E-state index in [0.29, 0.717) is 18.6 Å². The van der Waals surface area contributed by atoms with Crippen LogP contribution < -0.4 is 4.74 Å². The minimum Gasteiger partial charge on any atom is -0.480 e. The van der Waals surface area contributed by atoms with Crippen LogP contribution in [0.2, 0.25) is 0 Å². The van der Waals surface area contributed by atoms with Crippen molar-refractivity contribution in [3.8, 4) is 5.75 Å². The Kier molecular flexibility index (Phi) is 4.57. The number of likely N-dealkylation sites (tertiary alicyclic amines) is 1. The third-order valence-electron chi connectivity index (χ3n) is 4.44. The van der Waals surface area contributed by atoms with Crippen LogP contribution in [0.3, 0.4) is 0 Å². The van der Waals surface area contributed by atoms with Gasteiger partial charge < -0.3 is 19.3 Å². The molecule has 0 radical (unpaired) electrons. The Morgan fingerprint density at radius 3 is 2.58 bits per heavy atom. The number of ether oxygens (including phenoxy) is 3. The van der Waals surface area contributed by atoms with Gasteiger partial charge in [0.1, 0.15) is 17.9 Å². The summed E-state index contributed by atoms with van der Waals surface area (Å²) in [6.07, 6.45) is -0.0167. The summed E-state index contributed by atoms with van der Waals surface area (Å²) in [5, 5.41) is 9.33. The molecule has 1 amide bonds. The fraction of sp³-hybridized carbons (Fsp3) is 0.438. The van der Waals surface area contributed by atoms with Crippen molar-refractivity contribution in [3.05, 3.63) is 30.3 Å². The highest BCUT2D eigenvalue weighted by molar-refractivity contribution is 7.79. The quantitative estimate of drug-likeness (QED) is 0.834. The van der Waals surface area contributed by atoms with E-state index < -0.39 is 24.2 Å². The minimum absolute atomic E-state index is 0.0459. The molecule has 1 saturated carbocycles. The first-order valence-corrected chi connectivity index (χ1v) is 7.94. The van der Waals surface area contributed by atoms with Gasteiger partial charge in [-0.15, -0.1) is 0 Å². The lowest BCUT2D eigenvalue weighted by Gasteiger charge is -2.35. The standard InChI is InChI=1S/C16H17NO6S/c1-21-15(20)17-11-7-9(13(17)14(18)19)8-12(11)23-16(24)22-10-5-3-2-4-6-10/h2-6,9,11-13H,7-8H2,1H3,(H,18,19)/t9-,11+,12+,13-/m0/s1. The topological polar surface area (TPSA) is 85.3 Å². The molecule has 128 valence electrons. The number of carbonyl (C=O) groups is 2. The van der Waals surface area contributed by atoms with Gasteiger partial charge in [-0.25, -0.2) is 9.59 Å². The van der Waals surface area contributed by atoms with Crippen LogP contribution in [0.5, 0.6) is 5.75 Å². The first-order chi connectivity index (χ1) is 11.5. The lowest BCUT2D eigenvalue weighted by atomic mass is 9.98. The molecule has 4 atom stereocenters. The molecular weight excluding hydrogens is 334 g/mol. The number of carboxylic acids is 1. The molecule has 1 aliphatic carbocycles. The molecular formula is C16H17NO6S. The van der Waals surface area contributed by atoms with Crippen LogP contribution >= 0.6 is 12.2 Å². The van der Waals surface area contributed by atoms with Crippen molar-refractivity contribution < 1.29 is 28.9 Å². The molecule has 1 aliphatic heterocycles. The summed E-state index contributed by atoms with van der Waals surface area (Å²) in [6.45, 7) is 0. The van der Waals surface area contributed by atoms with Crippen molar-refractivity contribution in [2.24, 2.45) is 5.92 Å². The second-order valence-electron chi connectivity index (χ2n) is 5.78. The van der Waals surface area contributed by atoms with Crippen molar-refractivity contribution in [2.75, 3.05) is 7.11 Å². The second-order valence-corrected chi connectivity index (χ2v) is 6.11. The summed E-state index contributed by atoms with van der Waals surface area (Å²) in [5.74, 6) is -0.663. The third-order valence-corrected chi connectivity index (χ3v) is 4.62. The second kappa shape index (κ2) is 6.64. The molecule has 1 aromatic rings. The Morgan fingerprint density at radius 2 is 1.96 bits per heavy atom. The number of nitrogens with zero attached hydrogens (tertiary/aromatic N) is 1. The molecule has 2 fully saturated rings. The van der Waals surface area contributed by atoms with Crippen molar-refractivity contribution in [1.82, 2.24) is 4.90 Å². The van der Waals surface area contributed by atoms with Crippen molar-refractivity contribution in [2.45, 2.75) is 31.0 Å². The molecule has 24 heavy (non-hydrogen) atoms. The summed E-state index contributed by atoms with van der Waals surface area (Å²) in [6, 6.07) is 7.70. The number of fused-ring (bicyclic) bond motifs is 2. The molecule has 0 spiro atoms. The lowest BCUT2D eigenvalue weighted by Crippen LogP contribution is -2.54. The maximum Gasteiger partial charge on any atom is 0.410 e. The molecule has 1 N–H and O–H groups in total. The van der Waals surface area contributed by atoms with E-state index in [1.165, 1.54) is 12.0 Å². The van der Waals surface area contributed by atoms with Gasteiger partial charge in [0, 0.05) is 12.2 Å². The first kappa shape index (κ1) is 16.5. The summed E-state index contributed by atoms with van der Waals surface area (Å²) >= 11 is 5.11. The Bertz CT molecular complexity index is 651. The van der Waals surface area contributed by atoms with Crippen LogP contribution in [0.25, 0.3) is 0 Å². The Labute approximate surface area is 144 Å². The monoisotopic (exact) mass is 351 g/mol. The average Bonchev–Trinajstić information content (AvgIpc) is 3.12. The van der Waals surface area contributed by atoms with Crippen molar-refractivity contribution in [1.29, 1.82) is 0 Å². The Hall–Kier alpha value is -2.35. The lowest BCUT2D eigenvalue weighted by molar-refractivity contribution is -0.145. The molecule has 1 heterocycles. The largest absolute Gasteiger partial charge is 0.480 e. The fourth-order valence-corrected chi connectivity index (χ4v) is 3.75. The first-order valence-electron chi connectivity index (χ1n) is 7.54. The maximum atomic E-state index is 12.0. The zero-order chi connectivity index (χ0) is 17.3. The smallest absolute Gasteiger partial charge is 0.410 e. The summed E-state index contributed by atoms with van der Waals surface area (Å²) in [4.78, 5) is 24.7. The van der Waals surface area contributed by atoms with Gasteiger partial charge in [0.15, 0.2) is 0 Å². The van der Waals surface area contributed by atoms with Gasteiger partial charge in [-0.1, -0.05) is 18.2 Å². The van der Waals surface area contributed by atoms with E-state index in [1.807, 2.05) is 18.2 Å². The molecule has 1 saturated heterocycles. The van der Waals surface area contributed by atoms with Crippen molar-refractivity contribution in [3.63, 3.8) is 0 Å². The van der Waals surface area contributed by atoms with Crippen molar-refractivity contribution >= 4 is 29.5 Å². The van der Waals surface area contributed by atoms with Crippen LogP contribution in [-0.4, -0.2) is 52.6 Å². The average molecular weight is 351 g/mol. The number of hydrogen-bond acceptors (Lipinski definition) is 6. The molecule has 0 unspecified atom stereocenters. The summed E-state index contributed by atoms with van der Waals surface area (Å²) in [7, 11) is 1.23. The molecule has 2 bridgehead atoms. The highest BCUT2D eigenvalue weighted by Crippen LogP contribution is 2.44. The van der Waals surface area contributed by atoms with Crippen LogP contribution in [0.15, 0.2) is 30.3 Å². The molecule has 8 heteroatoms. The van der Waals surface area contributed by atoms with E-state index in [4.69, 9.17) is 26.4 Å². The fourth-order valence-electron chi connectivity index (χ4n) is 3.53. The molecule has 7 nitrogen and oxygen atoms in total. The molecule has 1 aromatic carbocycles. The van der Waals surface area contributed by atoms with E-state index in [-0.39, 0.29) is 17.2 Å². The number of para-hydroxylation sites is 1. The number of piperidine rings is 1. The maximum absolute atomic E-state index is 12.0. The number of rotatable bonds is 3. The zero-order valence-corrected chi connectivity index (χ0v) is 13.8. The van der Waals surface area contributed by atoms with E-state index in [0.717, 1.165) is 0 Å². The van der Waals surface area contributed by atoms with E-state index in [2.05, 4.69) is 0 Å². The number of thiocarbonyl (C=S) groups is 1. The number of methoxy groups -OCH3 is 1. The number of hydrogen-bond donors (Lipinski definition) is 1. The predicted molar refractivity (Wildman–Crippen MR) is 86.7 cm³/mol.